The van der Waals surface area contributed by atoms with E-state index in [4.69, 9.17) is 0 Å². The van der Waals surface area contributed by atoms with Gasteiger partial charge in [0, 0.05) is 0 Å². The molecule has 0 spiro atoms. The lowest BCUT2D eigenvalue weighted by Crippen LogP contribution is -2.09. The Balaban J connectivity index is 2.27. The van der Waals surface area contributed by atoms with Gasteiger partial charge in [-0.1, -0.05) is 19.0 Å². The van der Waals surface area contributed by atoms with Gasteiger partial charge in [0.2, 0.25) is 6.40 Å². The third-order valence-corrected chi connectivity index (χ3v) is 2.12. The van der Waals surface area contributed by atoms with Gasteiger partial charge in [-0.2, -0.15) is 0 Å². The minimum absolute atomic E-state index is 0.0285. The van der Waals surface area contributed by atoms with Crippen LogP contribution in [0.15, 0.2) is 5.16 Å². The fourth-order valence-corrected chi connectivity index (χ4v) is 1.07. The Bertz CT molecular complexity index is 210. The van der Waals surface area contributed by atoms with E-state index in [1.807, 2.05) is 13.8 Å². The smallest absolute Gasteiger partial charge is 0.315 e. The van der Waals surface area contributed by atoms with Gasteiger partial charge >= 0.3 is 5.97 Å². The van der Waals surface area contributed by atoms with Crippen molar-refractivity contribution >= 4 is 12.4 Å². The predicted molar refractivity (Wildman–Crippen MR) is 43.5 cm³/mol. The molecule has 0 N–H and O–H groups in total. The molecular formula is C8H13NO3. The van der Waals surface area contributed by atoms with E-state index in [0.717, 1.165) is 12.8 Å². The Labute approximate surface area is 71.5 Å². The van der Waals surface area contributed by atoms with Crippen LogP contribution in [0.1, 0.15) is 20.3 Å². The van der Waals surface area contributed by atoms with Crippen LogP contribution in [0.2, 0.25) is 0 Å². The lowest BCUT2D eigenvalue weighted by molar-refractivity contribution is -0.137. The first-order chi connectivity index (χ1) is 5.58. The minimum atomic E-state index is -0.221. The molecule has 1 fully saturated rings. The number of hydrogen-bond donors (Lipinski definition) is 0. The van der Waals surface area contributed by atoms with Crippen molar-refractivity contribution in [3.8, 4) is 0 Å². The van der Waals surface area contributed by atoms with Crippen molar-refractivity contribution in [3.05, 3.63) is 0 Å². The summed E-state index contributed by atoms with van der Waals surface area (Å²) in [6.07, 6.45) is 1.92. The third kappa shape index (κ3) is 1.96. The Morgan fingerprint density at radius 3 is 2.67 bits per heavy atom. The number of carbonyl (C=O) groups is 1. The molecule has 0 aromatic heterocycles. The number of esters is 1. The first-order valence-electron chi connectivity index (χ1n) is 3.83. The van der Waals surface area contributed by atoms with Gasteiger partial charge in [-0.05, 0) is 11.8 Å². The van der Waals surface area contributed by atoms with E-state index in [9.17, 15) is 4.79 Å². The number of ether oxygens (including phenoxy) is 1. The summed E-state index contributed by atoms with van der Waals surface area (Å²) in [5.41, 5.74) is 0.109. The summed E-state index contributed by atoms with van der Waals surface area (Å²) in [6, 6.07) is 0. The van der Waals surface area contributed by atoms with Gasteiger partial charge in [0.05, 0.1) is 5.92 Å². The number of nitrogens with zero attached hydrogens (tertiary/aromatic N) is 1. The van der Waals surface area contributed by atoms with E-state index in [2.05, 4.69) is 14.7 Å². The lowest BCUT2D eigenvalue weighted by atomic mass is 10.1. The van der Waals surface area contributed by atoms with Crippen LogP contribution < -0.4 is 0 Å². The van der Waals surface area contributed by atoms with E-state index in [0.29, 0.717) is 0 Å². The molecule has 12 heavy (non-hydrogen) atoms. The van der Waals surface area contributed by atoms with Gasteiger partial charge in [-0.25, -0.2) is 0 Å². The van der Waals surface area contributed by atoms with Crippen LogP contribution >= 0.6 is 0 Å². The summed E-state index contributed by atoms with van der Waals surface area (Å²) in [5, 5.41) is 3.30. The van der Waals surface area contributed by atoms with E-state index in [1.54, 1.807) is 0 Å². The van der Waals surface area contributed by atoms with Crippen LogP contribution in [0.25, 0.3) is 0 Å². The predicted octanol–water partition coefficient (Wildman–Crippen LogP) is 1.17. The molecule has 0 aromatic carbocycles. The molecule has 1 saturated carbocycles. The molecule has 1 aliphatic rings. The van der Waals surface area contributed by atoms with Crippen molar-refractivity contribution < 1.29 is 14.4 Å². The highest BCUT2D eigenvalue weighted by Crippen LogP contribution is 2.52. The Kier molecular flexibility index (Phi) is 2.35. The zero-order chi connectivity index (χ0) is 9.19. The lowest BCUT2D eigenvalue weighted by Gasteiger charge is -1.99. The second-order valence-electron chi connectivity index (χ2n) is 3.58. The van der Waals surface area contributed by atoms with Crippen LogP contribution in [-0.4, -0.2) is 19.5 Å². The highest BCUT2D eigenvalue weighted by molar-refractivity contribution is 5.82. The molecule has 0 heterocycles. The zero-order valence-corrected chi connectivity index (χ0v) is 7.53. The Morgan fingerprint density at radius 1 is 1.67 bits per heavy atom. The fraction of sp³-hybridized carbons (Fsp3) is 0.750. The molecule has 1 rings (SSSR count). The van der Waals surface area contributed by atoms with Gasteiger partial charge in [0.1, 0.15) is 7.11 Å². The molecule has 68 valence electrons. The highest BCUT2D eigenvalue weighted by atomic mass is 16.6. The maximum absolute atomic E-state index is 11.1. The largest absolute Gasteiger partial charge is 0.411 e. The van der Waals surface area contributed by atoms with Crippen molar-refractivity contribution in [2.75, 3.05) is 7.11 Å². The molecule has 0 saturated heterocycles. The fourth-order valence-electron chi connectivity index (χ4n) is 1.07. The van der Waals surface area contributed by atoms with Crippen molar-refractivity contribution in [1.29, 1.82) is 0 Å². The van der Waals surface area contributed by atoms with Crippen LogP contribution in [0.3, 0.4) is 0 Å². The quantitative estimate of drug-likeness (QED) is 0.277. The van der Waals surface area contributed by atoms with E-state index >= 15 is 0 Å². The van der Waals surface area contributed by atoms with Gasteiger partial charge in [-0.15, -0.1) is 0 Å². The Morgan fingerprint density at radius 2 is 2.25 bits per heavy atom. The van der Waals surface area contributed by atoms with Gasteiger partial charge in [0.15, 0.2) is 0 Å². The molecule has 4 nitrogen and oxygen atoms in total. The molecule has 0 aromatic rings. The van der Waals surface area contributed by atoms with Crippen LogP contribution in [0.5, 0.6) is 0 Å². The number of rotatable bonds is 3. The molecule has 0 aliphatic heterocycles. The number of hydrogen-bond acceptors (Lipinski definition) is 4. The van der Waals surface area contributed by atoms with Crippen molar-refractivity contribution in [3.63, 3.8) is 0 Å². The van der Waals surface area contributed by atoms with Gasteiger partial charge < -0.3 is 9.57 Å². The summed E-state index contributed by atoms with van der Waals surface area (Å²) in [5.74, 6) is -0.193. The maximum atomic E-state index is 11.1. The van der Waals surface area contributed by atoms with Gasteiger partial charge in [0.25, 0.3) is 0 Å². The van der Waals surface area contributed by atoms with Gasteiger partial charge in [-0.3, -0.25) is 4.79 Å². The summed E-state index contributed by atoms with van der Waals surface area (Å²) in [7, 11) is 1.39. The first-order valence-corrected chi connectivity index (χ1v) is 3.83. The number of oxime groups is 1. The topological polar surface area (TPSA) is 47.9 Å². The molecule has 0 bridgehead atoms. The van der Waals surface area contributed by atoms with Crippen LogP contribution in [0, 0.1) is 11.3 Å². The average molecular weight is 171 g/mol. The van der Waals surface area contributed by atoms with E-state index in [1.165, 1.54) is 7.11 Å². The minimum Gasteiger partial charge on any atom is -0.411 e. The molecule has 4 heteroatoms. The van der Waals surface area contributed by atoms with Crippen molar-refractivity contribution in [1.82, 2.24) is 0 Å². The molecule has 0 radical (unpaired) electrons. The first kappa shape index (κ1) is 9.03. The monoisotopic (exact) mass is 171 g/mol. The molecule has 1 unspecified atom stereocenters. The summed E-state index contributed by atoms with van der Waals surface area (Å²) in [6.45, 7) is 4.07. The van der Waals surface area contributed by atoms with Crippen LogP contribution in [0.4, 0.5) is 0 Å². The van der Waals surface area contributed by atoms with Crippen LogP contribution in [-0.2, 0) is 14.4 Å². The standard InChI is InChI=1S/C8H13NO3/c1-8(2)4-6(8)7(10)12-5-9-11-3/h5-6H,4H2,1-3H3. The molecule has 0 amide bonds. The second kappa shape index (κ2) is 3.13. The SMILES string of the molecule is CON=COC(=O)C1CC1(C)C. The van der Waals surface area contributed by atoms with E-state index in [-0.39, 0.29) is 17.3 Å². The average Bonchev–Trinajstić information content (AvgIpc) is 2.60. The summed E-state index contributed by atoms with van der Waals surface area (Å²) in [4.78, 5) is 15.5. The van der Waals surface area contributed by atoms with Crippen molar-refractivity contribution in [2.24, 2.45) is 16.5 Å². The molecular weight excluding hydrogens is 158 g/mol. The third-order valence-electron chi connectivity index (χ3n) is 2.12. The maximum Gasteiger partial charge on any atom is 0.315 e. The highest BCUT2D eigenvalue weighted by Gasteiger charge is 2.51. The summed E-state index contributed by atoms with van der Waals surface area (Å²) < 4.78 is 4.69. The summed E-state index contributed by atoms with van der Waals surface area (Å²) >= 11 is 0. The normalized spacial score (nSPS) is 25.4. The van der Waals surface area contributed by atoms with E-state index < -0.39 is 0 Å². The molecule has 1 aliphatic carbocycles. The molecule has 1 atom stereocenters. The zero-order valence-electron chi connectivity index (χ0n) is 7.53. The van der Waals surface area contributed by atoms with Crippen molar-refractivity contribution in [2.45, 2.75) is 20.3 Å². The number of carbonyl (C=O) groups excluding carboxylic acids is 1. The Hall–Kier alpha value is -1.06. The second-order valence-corrected chi connectivity index (χ2v) is 3.58.